The van der Waals surface area contributed by atoms with E-state index < -0.39 is 5.60 Å². The number of ether oxygens (including phenoxy) is 2. The van der Waals surface area contributed by atoms with Crippen molar-refractivity contribution >= 4 is 17.7 Å². The number of hydrogen-bond donors (Lipinski definition) is 0. The average Bonchev–Trinajstić information content (AvgIpc) is 3.17. The minimum atomic E-state index is -0.472. The first-order valence-corrected chi connectivity index (χ1v) is 11.8. The lowest BCUT2D eigenvalue weighted by Gasteiger charge is -2.38. The van der Waals surface area contributed by atoms with Gasteiger partial charge >= 0.3 is 12.1 Å². The Morgan fingerprint density at radius 1 is 1.22 bits per heavy atom. The number of amides is 1. The lowest BCUT2D eigenvalue weighted by Crippen LogP contribution is -2.47. The number of aromatic nitrogens is 3. The Morgan fingerprint density at radius 3 is 2.50 bits per heavy atom. The van der Waals surface area contributed by atoms with Gasteiger partial charge in [0.1, 0.15) is 11.4 Å². The highest BCUT2D eigenvalue weighted by atomic mass is 35.5. The zero-order valence-corrected chi connectivity index (χ0v) is 20.3. The van der Waals surface area contributed by atoms with Gasteiger partial charge in [-0.3, -0.25) is 0 Å². The smallest absolute Gasteiger partial charge is 0.410 e. The number of halogens is 1. The van der Waals surface area contributed by atoms with Crippen LogP contribution in [0.5, 0.6) is 11.8 Å². The first-order valence-electron chi connectivity index (χ1n) is 11.5. The van der Waals surface area contributed by atoms with E-state index in [0.29, 0.717) is 34.5 Å². The largest absolute Gasteiger partial charge is 0.444 e. The van der Waals surface area contributed by atoms with Gasteiger partial charge in [-0.15, -0.1) is 0 Å². The molecule has 2 aromatic rings. The number of fused-ring (bicyclic) bond motifs is 2. The topological polar surface area (TPSA) is 69.5 Å². The van der Waals surface area contributed by atoms with E-state index in [4.69, 9.17) is 31.2 Å². The monoisotopic (exact) mass is 460 g/mol. The highest BCUT2D eigenvalue weighted by Crippen LogP contribution is 2.44. The number of likely N-dealkylation sites (tertiary alicyclic amines) is 1. The molecule has 1 amide bonds. The quantitative estimate of drug-likeness (QED) is 0.569. The van der Waals surface area contributed by atoms with Gasteiger partial charge in [-0.05, 0) is 83.4 Å². The molecule has 174 valence electrons. The van der Waals surface area contributed by atoms with Gasteiger partial charge in [0, 0.05) is 24.5 Å². The summed E-state index contributed by atoms with van der Waals surface area (Å²) in [5, 5.41) is 5.38. The number of benzene rings is 1. The van der Waals surface area contributed by atoms with E-state index in [-0.39, 0.29) is 12.1 Å². The Balaban J connectivity index is 1.46. The van der Waals surface area contributed by atoms with Crippen molar-refractivity contribution in [3.05, 3.63) is 35.1 Å². The van der Waals surface area contributed by atoms with Crippen molar-refractivity contribution in [1.82, 2.24) is 19.7 Å². The standard InChI is InChI=1S/C24H33ClN4O3/c1-15(2)29-22(31-19-8-6-7-18(25)11-19)26-21(27-29)12-20-16-9-10-17(20)14-28(13-16)23(30)32-24(3,4)5/h6-8,11,15-17,20H,9-10,12-14H2,1-5H3/t16-,17+,20?. The fourth-order valence-corrected chi connectivity index (χ4v) is 5.01. The number of carbonyl (C=O) groups is 1. The summed E-state index contributed by atoms with van der Waals surface area (Å²) in [5.74, 6) is 2.80. The number of hydrogen-bond acceptors (Lipinski definition) is 5. The summed E-state index contributed by atoms with van der Waals surface area (Å²) in [6.07, 6.45) is 2.85. The van der Waals surface area contributed by atoms with Gasteiger partial charge in [-0.25, -0.2) is 9.48 Å². The third-order valence-corrected chi connectivity index (χ3v) is 6.47. The molecular weight excluding hydrogens is 428 g/mol. The summed E-state index contributed by atoms with van der Waals surface area (Å²) in [7, 11) is 0. The molecule has 2 heterocycles. The van der Waals surface area contributed by atoms with Crippen LogP contribution in [0.4, 0.5) is 4.79 Å². The van der Waals surface area contributed by atoms with E-state index in [9.17, 15) is 4.79 Å². The van der Waals surface area contributed by atoms with Crippen LogP contribution in [0.15, 0.2) is 24.3 Å². The molecule has 0 radical (unpaired) electrons. The van der Waals surface area contributed by atoms with E-state index in [1.165, 1.54) is 0 Å². The zero-order chi connectivity index (χ0) is 23.0. The van der Waals surface area contributed by atoms with Gasteiger partial charge in [-0.1, -0.05) is 17.7 Å². The summed E-state index contributed by atoms with van der Waals surface area (Å²) in [6.45, 7) is 11.3. The van der Waals surface area contributed by atoms with Gasteiger partial charge in [0.15, 0.2) is 5.82 Å². The number of piperidine rings is 1. The van der Waals surface area contributed by atoms with Crippen LogP contribution in [-0.4, -0.2) is 44.4 Å². The van der Waals surface area contributed by atoms with Crippen LogP contribution >= 0.6 is 11.6 Å². The van der Waals surface area contributed by atoms with Crippen LogP contribution in [0.3, 0.4) is 0 Å². The Morgan fingerprint density at radius 2 is 1.91 bits per heavy atom. The molecule has 1 aromatic heterocycles. The highest BCUT2D eigenvalue weighted by molar-refractivity contribution is 6.30. The van der Waals surface area contributed by atoms with Gasteiger partial charge in [0.05, 0.1) is 6.04 Å². The highest BCUT2D eigenvalue weighted by Gasteiger charge is 2.44. The van der Waals surface area contributed by atoms with Crippen molar-refractivity contribution in [2.75, 3.05) is 13.1 Å². The van der Waals surface area contributed by atoms with Crippen LogP contribution in [-0.2, 0) is 11.2 Å². The van der Waals surface area contributed by atoms with Crippen LogP contribution in [0.1, 0.15) is 59.3 Å². The molecule has 1 saturated carbocycles. The molecule has 0 spiro atoms. The molecular formula is C24H33ClN4O3. The van der Waals surface area contributed by atoms with Crippen LogP contribution in [0, 0.1) is 17.8 Å². The maximum atomic E-state index is 12.6. The molecule has 1 saturated heterocycles. The molecule has 2 bridgehead atoms. The molecule has 3 atom stereocenters. The molecule has 8 heteroatoms. The van der Waals surface area contributed by atoms with Crippen LogP contribution in [0.2, 0.25) is 5.02 Å². The molecule has 4 rings (SSSR count). The van der Waals surface area contributed by atoms with Crippen molar-refractivity contribution in [2.45, 2.75) is 65.5 Å². The third kappa shape index (κ3) is 5.20. The summed E-state index contributed by atoms with van der Waals surface area (Å²) in [6, 6.07) is 7.90. The Kier molecular flexibility index (Phi) is 6.39. The average molecular weight is 461 g/mol. The van der Waals surface area contributed by atoms with Crippen molar-refractivity contribution in [1.29, 1.82) is 0 Å². The summed E-state index contributed by atoms with van der Waals surface area (Å²) < 4.78 is 13.4. The lowest BCUT2D eigenvalue weighted by atomic mass is 9.82. The zero-order valence-electron chi connectivity index (χ0n) is 19.5. The normalized spacial score (nSPS) is 23.0. The maximum Gasteiger partial charge on any atom is 0.410 e. The predicted molar refractivity (Wildman–Crippen MR) is 123 cm³/mol. The predicted octanol–water partition coefficient (Wildman–Crippen LogP) is 5.74. The second kappa shape index (κ2) is 8.93. The van der Waals surface area contributed by atoms with Crippen molar-refractivity contribution < 1.29 is 14.3 Å². The minimum Gasteiger partial charge on any atom is -0.444 e. The van der Waals surface area contributed by atoms with Crippen LogP contribution < -0.4 is 4.74 Å². The summed E-state index contributed by atoms with van der Waals surface area (Å²) in [4.78, 5) is 19.2. The number of rotatable bonds is 5. The first-order chi connectivity index (χ1) is 15.1. The SMILES string of the molecule is CC(C)n1nc(CC2[C@@H]3CC[C@H]2CN(C(=O)OC(C)(C)C)C3)nc1Oc1cccc(Cl)c1. The molecule has 1 unspecified atom stereocenters. The van der Waals surface area contributed by atoms with Crippen molar-refractivity contribution in [3.63, 3.8) is 0 Å². The second-order valence-corrected chi connectivity index (χ2v) is 10.7. The van der Waals surface area contributed by atoms with Gasteiger partial charge in [0.25, 0.3) is 0 Å². The maximum absolute atomic E-state index is 12.6. The number of nitrogens with zero attached hydrogens (tertiary/aromatic N) is 4. The van der Waals surface area contributed by atoms with E-state index in [1.807, 2.05) is 48.6 Å². The molecule has 2 aliphatic rings. The molecule has 0 N–H and O–H groups in total. The van der Waals surface area contributed by atoms with Gasteiger partial charge in [-0.2, -0.15) is 10.1 Å². The molecule has 1 aliphatic heterocycles. The van der Waals surface area contributed by atoms with E-state index in [1.54, 1.807) is 6.07 Å². The van der Waals surface area contributed by atoms with Gasteiger partial charge in [0.2, 0.25) is 0 Å². The molecule has 1 aliphatic carbocycles. The lowest BCUT2D eigenvalue weighted by molar-refractivity contribution is 0.00786. The van der Waals surface area contributed by atoms with Gasteiger partial charge < -0.3 is 14.4 Å². The van der Waals surface area contributed by atoms with E-state index in [2.05, 4.69) is 13.8 Å². The fraction of sp³-hybridized carbons (Fsp3) is 0.625. The Labute approximate surface area is 195 Å². The van der Waals surface area contributed by atoms with E-state index >= 15 is 0 Å². The Bertz CT molecular complexity index is 954. The van der Waals surface area contributed by atoms with Crippen molar-refractivity contribution in [2.24, 2.45) is 17.8 Å². The molecule has 1 aromatic carbocycles. The molecule has 2 fully saturated rings. The van der Waals surface area contributed by atoms with E-state index in [0.717, 1.165) is 38.2 Å². The fourth-order valence-electron chi connectivity index (χ4n) is 4.83. The van der Waals surface area contributed by atoms with Crippen LogP contribution in [0.25, 0.3) is 0 Å². The molecule has 32 heavy (non-hydrogen) atoms. The first kappa shape index (κ1) is 22.9. The summed E-state index contributed by atoms with van der Waals surface area (Å²) >= 11 is 6.10. The molecule has 7 nitrogen and oxygen atoms in total. The Hall–Kier alpha value is -2.28. The minimum absolute atomic E-state index is 0.121. The third-order valence-electron chi connectivity index (χ3n) is 6.24. The second-order valence-electron chi connectivity index (χ2n) is 10.3. The van der Waals surface area contributed by atoms with Crippen molar-refractivity contribution in [3.8, 4) is 11.8 Å². The summed E-state index contributed by atoms with van der Waals surface area (Å²) in [5.41, 5.74) is -0.472. The number of carbonyl (C=O) groups excluding carboxylic acids is 1.